The summed E-state index contributed by atoms with van der Waals surface area (Å²) in [5.41, 5.74) is 1.24. The second-order valence-corrected chi connectivity index (χ2v) is 8.26. The minimum absolute atomic E-state index is 0.236. The molecule has 2 fully saturated rings. The zero-order chi connectivity index (χ0) is 21.1. The van der Waals surface area contributed by atoms with E-state index < -0.39 is 12.2 Å². The van der Waals surface area contributed by atoms with Gasteiger partial charge in [0.1, 0.15) is 0 Å². The summed E-state index contributed by atoms with van der Waals surface area (Å²) in [6, 6.07) is 9.65. The molecule has 2 unspecified atom stereocenters. The van der Waals surface area contributed by atoms with Gasteiger partial charge in [0.25, 0.3) is 5.91 Å². The lowest BCUT2D eigenvalue weighted by Gasteiger charge is -2.41. The molecule has 4 rings (SSSR count). The van der Waals surface area contributed by atoms with Crippen LogP contribution in [-0.2, 0) is 4.79 Å². The average molecular weight is 413 g/mol. The first-order chi connectivity index (χ1) is 14.6. The fourth-order valence-corrected chi connectivity index (χ4v) is 4.53. The van der Waals surface area contributed by atoms with Gasteiger partial charge in [0.05, 0.1) is 0 Å². The van der Waals surface area contributed by atoms with Crippen LogP contribution >= 0.6 is 0 Å². The van der Waals surface area contributed by atoms with Gasteiger partial charge in [-0.15, -0.1) is 0 Å². The van der Waals surface area contributed by atoms with Gasteiger partial charge in [-0.05, 0) is 18.6 Å². The van der Waals surface area contributed by atoms with E-state index in [4.69, 9.17) is 4.99 Å². The number of benzene rings is 1. The first kappa shape index (κ1) is 20.5. The van der Waals surface area contributed by atoms with Gasteiger partial charge in [0.2, 0.25) is 0 Å². The Kier molecular flexibility index (Phi) is 6.11. The number of urea groups is 1. The Morgan fingerprint density at radius 3 is 2.40 bits per heavy atom. The number of piperazine rings is 1. The van der Waals surface area contributed by atoms with E-state index >= 15 is 0 Å². The van der Waals surface area contributed by atoms with Gasteiger partial charge < -0.3 is 19.6 Å². The monoisotopic (exact) mass is 412 g/mol. The number of likely N-dealkylation sites (N-methyl/N-ethyl adjacent to an activating group) is 1. The lowest BCUT2D eigenvalue weighted by molar-refractivity contribution is -0.127. The number of guanidine groups is 1. The average Bonchev–Trinajstić information content (AvgIpc) is 3.16. The van der Waals surface area contributed by atoms with Crippen LogP contribution in [0.3, 0.4) is 0 Å². The Balaban J connectivity index is 1.49. The molecule has 0 radical (unpaired) electrons. The molecule has 3 aliphatic rings. The van der Waals surface area contributed by atoms with Crippen molar-refractivity contribution in [3.05, 3.63) is 30.3 Å². The molecule has 8 heteroatoms. The zero-order valence-electron chi connectivity index (χ0n) is 18.0. The minimum atomic E-state index is -0.445. The lowest BCUT2D eigenvalue weighted by atomic mass is 10.1. The molecule has 0 spiro atoms. The highest BCUT2D eigenvalue weighted by Crippen LogP contribution is 2.27. The summed E-state index contributed by atoms with van der Waals surface area (Å²) in [7, 11) is 1.72. The van der Waals surface area contributed by atoms with Crippen molar-refractivity contribution in [2.45, 2.75) is 44.8 Å². The third kappa shape index (κ3) is 3.95. The quantitative estimate of drug-likeness (QED) is 0.723. The molecule has 0 aliphatic carbocycles. The summed E-state index contributed by atoms with van der Waals surface area (Å²) in [5, 5.41) is 2.49. The van der Waals surface area contributed by atoms with Crippen LogP contribution < -0.4 is 10.2 Å². The summed E-state index contributed by atoms with van der Waals surface area (Å²) in [4.78, 5) is 38.1. The number of carbonyl (C=O) groups excluding carboxylic acids is 2. The number of para-hydroxylation sites is 1. The van der Waals surface area contributed by atoms with Crippen LogP contribution in [0.15, 0.2) is 35.3 Å². The fraction of sp³-hybridized carbons (Fsp3) is 0.591. The summed E-state index contributed by atoms with van der Waals surface area (Å²) in [5.74, 6) is 0.631. The standard InChI is InChI=1S/C22H32N6O2/c1-3-4-5-9-12-28-18-19(25(2)22(30)24-20(18)29)23-21(28)27-15-13-26(14-16-27)17-10-7-6-8-11-17/h6-8,10-11,18-19H,3-5,9,12-16H2,1-2H3,(H,24,29,30). The van der Waals surface area contributed by atoms with Crippen molar-refractivity contribution >= 4 is 23.6 Å². The minimum Gasteiger partial charge on any atom is -0.368 e. The number of rotatable bonds is 6. The van der Waals surface area contributed by atoms with E-state index in [-0.39, 0.29) is 11.9 Å². The van der Waals surface area contributed by atoms with Gasteiger partial charge in [-0.3, -0.25) is 10.1 Å². The van der Waals surface area contributed by atoms with Crippen molar-refractivity contribution < 1.29 is 9.59 Å². The molecule has 3 amide bonds. The summed E-state index contributed by atoms with van der Waals surface area (Å²) in [6.45, 7) is 6.48. The van der Waals surface area contributed by atoms with E-state index in [2.05, 4.69) is 51.2 Å². The molecule has 0 bridgehead atoms. The van der Waals surface area contributed by atoms with E-state index in [1.807, 2.05) is 6.07 Å². The number of nitrogens with one attached hydrogen (secondary N) is 1. The van der Waals surface area contributed by atoms with Crippen molar-refractivity contribution in [3.63, 3.8) is 0 Å². The second kappa shape index (κ2) is 8.93. The number of amides is 3. The highest BCUT2D eigenvalue weighted by Gasteiger charge is 2.49. The number of anilines is 1. The van der Waals surface area contributed by atoms with E-state index in [1.54, 1.807) is 11.9 Å². The lowest BCUT2D eigenvalue weighted by Crippen LogP contribution is -2.64. The first-order valence-electron chi connectivity index (χ1n) is 11.1. The molecular weight excluding hydrogens is 380 g/mol. The van der Waals surface area contributed by atoms with Crippen molar-refractivity contribution in [3.8, 4) is 0 Å². The molecule has 8 nitrogen and oxygen atoms in total. The van der Waals surface area contributed by atoms with Crippen LogP contribution in [0.25, 0.3) is 0 Å². The third-order valence-corrected chi connectivity index (χ3v) is 6.28. The van der Waals surface area contributed by atoms with Crippen LogP contribution in [0, 0.1) is 0 Å². The van der Waals surface area contributed by atoms with Gasteiger partial charge in [-0.1, -0.05) is 44.4 Å². The molecule has 162 valence electrons. The van der Waals surface area contributed by atoms with Crippen molar-refractivity contribution in [2.75, 3.05) is 44.7 Å². The Bertz CT molecular complexity index is 790. The second-order valence-electron chi connectivity index (χ2n) is 8.26. The number of carbonyl (C=O) groups is 2. The van der Waals surface area contributed by atoms with Gasteiger partial charge >= 0.3 is 6.03 Å². The summed E-state index contributed by atoms with van der Waals surface area (Å²) < 4.78 is 0. The molecule has 3 aliphatic heterocycles. The zero-order valence-corrected chi connectivity index (χ0v) is 18.0. The normalized spacial score (nSPS) is 24.1. The predicted octanol–water partition coefficient (Wildman–Crippen LogP) is 1.94. The molecule has 3 heterocycles. The van der Waals surface area contributed by atoms with E-state index in [1.165, 1.54) is 18.5 Å². The highest BCUT2D eigenvalue weighted by atomic mass is 16.2. The van der Waals surface area contributed by atoms with Crippen molar-refractivity contribution in [1.82, 2.24) is 20.0 Å². The van der Waals surface area contributed by atoms with Crippen molar-refractivity contribution in [1.29, 1.82) is 0 Å². The highest BCUT2D eigenvalue weighted by molar-refractivity contribution is 6.03. The molecule has 2 atom stereocenters. The van der Waals surface area contributed by atoms with Crippen molar-refractivity contribution in [2.24, 2.45) is 4.99 Å². The van der Waals surface area contributed by atoms with Crippen LogP contribution in [0.5, 0.6) is 0 Å². The largest absolute Gasteiger partial charge is 0.368 e. The van der Waals surface area contributed by atoms with E-state index in [0.29, 0.717) is 0 Å². The fourth-order valence-electron chi connectivity index (χ4n) is 4.53. The van der Waals surface area contributed by atoms with Crippen LogP contribution in [0.4, 0.5) is 10.5 Å². The Morgan fingerprint density at radius 2 is 1.70 bits per heavy atom. The molecular formula is C22H32N6O2. The predicted molar refractivity (Wildman–Crippen MR) is 117 cm³/mol. The number of hydrogen-bond acceptors (Lipinski definition) is 6. The van der Waals surface area contributed by atoms with Crippen LogP contribution in [0.2, 0.25) is 0 Å². The summed E-state index contributed by atoms with van der Waals surface area (Å²) >= 11 is 0. The summed E-state index contributed by atoms with van der Waals surface area (Å²) in [6.07, 6.45) is 4.07. The Labute approximate surface area is 178 Å². The maximum absolute atomic E-state index is 12.7. The number of hydrogen-bond donors (Lipinski definition) is 1. The molecule has 0 saturated carbocycles. The van der Waals surface area contributed by atoms with Crippen LogP contribution in [0.1, 0.15) is 32.6 Å². The Hall–Kier alpha value is -2.77. The number of imide groups is 1. The van der Waals surface area contributed by atoms with Gasteiger partial charge in [0, 0.05) is 45.5 Å². The molecule has 1 aromatic carbocycles. The Morgan fingerprint density at radius 1 is 1.00 bits per heavy atom. The molecule has 1 N–H and O–H groups in total. The molecule has 30 heavy (non-hydrogen) atoms. The van der Waals surface area contributed by atoms with Gasteiger partial charge in [0.15, 0.2) is 18.2 Å². The van der Waals surface area contributed by atoms with Gasteiger partial charge in [-0.2, -0.15) is 0 Å². The SMILES string of the molecule is CCCCCCN1C(N2CCN(c3ccccc3)CC2)=NC2C1C(=O)NC(=O)N2C. The maximum atomic E-state index is 12.7. The topological polar surface area (TPSA) is 71.5 Å². The molecule has 2 saturated heterocycles. The smallest absolute Gasteiger partial charge is 0.325 e. The van der Waals surface area contributed by atoms with Gasteiger partial charge in [-0.25, -0.2) is 9.79 Å². The van der Waals surface area contributed by atoms with Crippen LogP contribution in [-0.4, -0.2) is 84.6 Å². The first-order valence-corrected chi connectivity index (χ1v) is 11.1. The molecule has 0 aromatic heterocycles. The van der Waals surface area contributed by atoms with E-state index in [9.17, 15) is 9.59 Å². The number of fused-ring (bicyclic) bond motifs is 1. The van der Waals surface area contributed by atoms with E-state index in [0.717, 1.165) is 51.5 Å². The maximum Gasteiger partial charge on any atom is 0.325 e. The number of nitrogens with zero attached hydrogens (tertiary/aromatic N) is 5. The molecule has 1 aromatic rings. The number of aliphatic imine (C=N–C) groups is 1. The third-order valence-electron chi connectivity index (χ3n) is 6.28. The number of unbranched alkanes of at least 4 members (excludes halogenated alkanes) is 3.